The largest absolute Gasteiger partial charge is 0.313 e. The van der Waals surface area contributed by atoms with Crippen LogP contribution in [0.3, 0.4) is 0 Å². The van der Waals surface area contributed by atoms with Crippen LogP contribution in [0, 0.1) is 22.7 Å². The van der Waals surface area contributed by atoms with Gasteiger partial charge in [-0.3, -0.25) is 0 Å². The Morgan fingerprint density at radius 1 is 0.542 bits per heavy atom. The van der Waals surface area contributed by atoms with E-state index < -0.39 is 0 Å². The van der Waals surface area contributed by atoms with E-state index in [9.17, 15) is 10.5 Å². The van der Waals surface area contributed by atoms with Crippen LogP contribution in [0.1, 0.15) is 46.5 Å². The summed E-state index contributed by atoms with van der Waals surface area (Å²) in [6.07, 6.45) is 13.4. The fraction of sp³-hybridized carbons (Fsp3) is 0.0909. The van der Waals surface area contributed by atoms with E-state index in [0.29, 0.717) is 16.8 Å². The summed E-state index contributed by atoms with van der Waals surface area (Å²) in [6, 6.07) is 42.2. The van der Waals surface area contributed by atoms with Gasteiger partial charge in [0.1, 0.15) is 6.07 Å². The summed E-state index contributed by atoms with van der Waals surface area (Å²) in [6.45, 7) is 0. The van der Waals surface area contributed by atoms with Gasteiger partial charge in [0.15, 0.2) is 0 Å². The monoisotopic (exact) mass is 614 g/mol. The summed E-state index contributed by atoms with van der Waals surface area (Å²) in [5.74, 6) is 0. The van der Waals surface area contributed by atoms with Gasteiger partial charge in [0.05, 0.1) is 39.6 Å². The van der Waals surface area contributed by atoms with Gasteiger partial charge in [-0.2, -0.15) is 10.5 Å². The highest BCUT2D eigenvalue weighted by atomic mass is 15.0. The number of nitriles is 2. The molecule has 2 heterocycles. The van der Waals surface area contributed by atoms with Crippen LogP contribution in [0.25, 0.3) is 67.6 Å². The number of para-hydroxylation sites is 3. The smallest absolute Gasteiger partial charge is 0.101 e. The highest BCUT2D eigenvalue weighted by Gasteiger charge is 2.25. The van der Waals surface area contributed by atoms with Crippen molar-refractivity contribution in [1.29, 1.82) is 10.5 Å². The van der Waals surface area contributed by atoms with Crippen LogP contribution < -0.4 is 0 Å². The Hall–Kier alpha value is -6.36. The third-order valence-corrected chi connectivity index (χ3v) is 9.95. The first kappa shape index (κ1) is 27.9. The number of hydrogen-bond donors (Lipinski definition) is 0. The van der Waals surface area contributed by atoms with Crippen molar-refractivity contribution in [1.82, 2.24) is 9.13 Å². The molecule has 0 bridgehead atoms. The number of allylic oxidation sites excluding steroid dienone is 2. The third kappa shape index (κ3) is 4.20. The van der Waals surface area contributed by atoms with Crippen molar-refractivity contribution in [2.75, 3.05) is 0 Å². The Labute approximate surface area is 279 Å². The second-order valence-electron chi connectivity index (χ2n) is 12.5. The molecular weight excluding hydrogens is 585 g/mol. The Bertz CT molecular complexity index is 2540. The molecule has 2 aliphatic rings. The first-order valence-corrected chi connectivity index (χ1v) is 16.5. The van der Waals surface area contributed by atoms with E-state index in [2.05, 4.69) is 112 Å². The molecular formula is C44H30N4. The number of rotatable bonds is 4. The normalized spacial score (nSPS) is 13.3. The van der Waals surface area contributed by atoms with Crippen LogP contribution in [0.4, 0.5) is 0 Å². The van der Waals surface area contributed by atoms with Gasteiger partial charge in [-0.15, -0.1) is 0 Å². The molecule has 0 unspecified atom stereocenters. The fourth-order valence-corrected chi connectivity index (χ4v) is 7.86. The van der Waals surface area contributed by atoms with Crippen molar-refractivity contribution in [2.24, 2.45) is 0 Å². The molecule has 0 amide bonds. The standard InChI is InChI=1S/C44H30N4/c45-27-31-26-44(48-42-22-9-4-17-36(42)37-18-5-10-23-43(37)48)32(28-46)25-38(31)30-13-11-12-29(24-30)33-14-1-6-19-39(33)47-40-20-7-2-15-34(40)35-16-3-8-21-41(35)47/h1-2,4-6,8-15,17-19,21-26H,3,7,16,20H2. The lowest BCUT2D eigenvalue weighted by molar-refractivity contribution is 0.869. The molecule has 0 saturated heterocycles. The summed E-state index contributed by atoms with van der Waals surface area (Å²) in [7, 11) is 0. The van der Waals surface area contributed by atoms with Crippen LogP contribution in [0.2, 0.25) is 0 Å². The minimum Gasteiger partial charge on any atom is -0.313 e. The summed E-state index contributed by atoms with van der Waals surface area (Å²) in [5.41, 5.74) is 14.3. The molecule has 2 aromatic heterocycles. The first-order chi connectivity index (χ1) is 23.7. The highest BCUT2D eigenvalue weighted by molar-refractivity contribution is 6.09. The lowest BCUT2D eigenvalue weighted by Gasteiger charge is -2.19. The zero-order valence-corrected chi connectivity index (χ0v) is 26.3. The first-order valence-electron chi connectivity index (χ1n) is 16.5. The molecule has 0 spiro atoms. The van der Waals surface area contributed by atoms with Crippen LogP contribution in [0.15, 0.2) is 121 Å². The summed E-state index contributed by atoms with van der Waals surface area (Å²) >= 11 is 0. The Balaban J connectivity index is 1.21. The summed E-state index contributed by atoms with van der Waals surface area (Å²) < 4.78 is 4.59. The molecule has 9 rings (SSSR count). The molecule has 7 aromatic rings. The van der Waals surface area contributed by atoms with Crippen molar-refractivity contribution in [2.45, 2.75) is 25.7 Å². The van der Waals surface area contributed by atoms with Gasteiger partial charge in [-0.1, -0.05) is 91.0 Å². The van der Waals surface area contributed by atoms with Gasteiger partial charge in [0, 0.05) is 33.3 Å². The maximum Gasteiger partial charge on any atom is 0.101 e. The van der Waals surface area contributed by atoms with E-state index in [1.54, 1.807) is 0 Å². The molecule has 0 aliphatic heterocycles. The van der Waals surface area contributed by atoms with E-state index in [1.165, 1.54) is 22.5 Å². The topological polar surface area (TPSA) is 57.4 Å². The van der Waals surface area contributed by atoms with Gasteiger partial charge in [-0.25, -0.2) is 0 Å². The molecule has 226 valence electrons. The number of hydrogen-bond acceptors (Lipinski definition) is 2. The zero-order chi connectivity index (χ0) is 32.2. The van der Waals surface area contributed by atoms with Crippen molar-refractivity contribution in [3.63, 3.8) is 0 Å². The van der Waals surface area contributed by atoms with E-state index in [0.717, 1.165) is 75.4 Å². The molecule has 0 saturated carbocycles. The lowest BCUT2D eigenvalue weighted by Crippen LogP contribution is -2.06. The van der Waals surface area contributed by atoms with Crippen LogP contribution in [0.5, 0.6) is 0 Å². The lowest BCUT2D eigenvalue weighted by atomic mass is 9.93. The molecule has 4 heteroatoms. The van der Waals surface area contributed by atoms with Crippen molar-refractivity contribution in [3.8, 4) is 45.8 Å². The highest BCUT2D eigenvalue weighted by Crippen LogP contribution is 2.40. The third-order valence-electron chi connectivity index (χ3n) is 9.95. The number of benzene rings is 5. The summed E-state index contributed by atoms with van der Waals surface area (Å²) in [4.78, 5) is 0. The maximum absolute atomic E-state index is 10.5. The number of aromatic nitrogens is 2. The molecule has 0 fully saturated rings. The Kier molecular flexibility index (Phi) is 6.49. The van der Waals surface area contributed by atoms with E-state index >= 15 is 0 Å². The Morgan fingerprint density at radius 3 is 1.98 bits per heavy atom. The van der Waals surface area contributed by atoms with Crippen LogP contribution >= 0.6 is 0 Å². The summed E-state index contributed by atoms with van der Waals surface area (Å²) in [5, 5.41) is 23.2. The van der Waals surface area contributed by atoms with Gasteiger partial charge in [-0.05, 0) is 90.4 Å². The van der Waals surface area contributed by atoms with Gasteiger partial charge < -0.3 is 9.13 Å². The number of fused-ring (bicyclic) bond motifs is 6. The van der Waals surface area contributed by atoms with E-state index in [-0.39, 0.29) is 0 Å². The van der Waals surface area contributed by atoms with Crippen molar-refractivity contribution in [3.05, 3.63) is 155 Å². The second-order valence-corrected chi connectivity index (χ2v) is 12.5. The Morgan fingerprint density at radius 2 is 1.21 bits per heavy atom. The van der Waals surface area contributed by atoms with Crippen LogP contribution in [-0.2, 0) is 12.8 Å². The van der Waals surface area contributed by atoms with Crippen molar-refractivity contribution < 1.29 is 0 Å². The molecule has 48 heavy (non-hydrogen) atoms. The van der Waals surface area contributed by atoms with Crippen LogP contribution in [-0.4, -0.2) is 9.13 Å². The van der Waals surface area contributed by atoms with Gasteiger partial charge in [0.2, 0.25) is 0 Å². The molecule has 0 radical (unpaired) electrons. The van der Waals surface area contributed by atoms with E-state index in [4.69, 9.17) is 0 Å². The van der Waals surface area contributed by atoms with Crippen molar-refractivity contribution >= 4 is 34.0 Å². The molecule has 2 aliphatic carbocycles. The maximum atomic E-state index is 10.5. The predicted molar refractivity (Wildman–Crippen MR) is 195 cm³/mol. The molecule has 0 N–H and O–H groups in total. The minimum absolute atomic E-state index is 0.520. The quantitative estimate of drug-likeness (QED) is 0.198. The predicted octanol–water partition coefficient (Wildman–Crippen LogP) is 10.6. The van der Waals surface area contributed by atoms with Gasteiger partial charge >= 0.3 is 0 Å². The van der Waals surface area contributed by atoms with E-state index in [1.807, 2.05) is 42.5 Å². The van der Waals surface area contributed by atoms with Gasteiger partial charge in [0.25, 0.3) is 0 Å². The fourth-order valence-electron chi connectivity index (χ4n) is 7.86. The molecule has 0 atom stereocenters. The minimum atomic E-state index is 0.520. The molecule has 4 nitrogen and oxygen atoms in total. The SMILES string of the molecule is N#Cc1cc(-n2c3ccccc3c3ccccc32)c(C#N)cc1-c1cccc(-c2ccccc2-n2c3c(c4c2CCC=C4)CCC=C3)c1. The zero-order valence-electron chi connectivity index (χ0n) is 26.3. The second kappa shape index (κ2) is 11.2. The average molecular weight is 615 g/mol. The molecule has 5 aromatic carbocycles. The average Bonchev–Trinajstić information content (AvgIpc) is 3.67. The number of nitrogens with zero attached hydrogens (tertiary/aromatic N) is 4.